The van der Waals surface area contributed by atoms with Gasteiger partial charge in [0.05, 0.1) is 11.5 Å². The van der Waals surface area contributed by atoms with E-state index in [1.807, 2.05) is 0 Å². The van der Waals surface area contributed by atoms with E-state index in [0.717, 1.165) is 6.42 Å². The predicted octanol–water partition coefficient (Wildman–Crippen LogP) is 1.02. The number of urea groups is 1. The van der Waals surface area contributed by atoms with Gasteiger partial charge in [-0.1, -0.05) is 6.42 Å². The standard InChI is InChI=1S/C12H18N4O3/c1-8(9-13-5-6-14-9)16-11(19)15-7-12(10(17)18)3-2-4-12/h5-6,8H,2-4,7H2,1H3,(H,13,14)(H,17,18)(H2,15,16,19). The molecule has 1 aliphatic carbocycles. The van der Waals surface area contributed by atoms with Crippen molar-refractivity contribution in [3.8, 4) is 0 Å². The number of carboxylic acids is 1. The molecule has 7 heteroatoms. The summed E-state index contributed by atoms with van der Waals surface area (Å²) in [5, 5.41) is 14.5. The summed E-state index contributed by atoms with van der Waals surface area (Å²) in [6, 6.07) is -0.631. The van der Waals surface area contributed by atoms with Crippen LogP contribution < -0.4 is 10.6 Å². The van der Waals surface area contributed by atoms with E-state index in [2.05, 4.69) is 20.6 Å². The minimum Gasteiger partial charge on any atom is -0.481 e. The van der Waals surface area contributed by atoms with Crippen molar-refractivity contribution >= 4 is 12.0 Å². The van der Waals surface area contributed by atoms with Gasteiger partial charge in [-0.15, -0.1) is 0 Å². The second-order valence-corrected chi connectivity index (χ2v) is 4.96. The van der Waals surface area contributed by atoms with Gasteiger partial charge in [0.25, 0.3) is 0 Å². The number of hydrogen-bond donors (Lipinski definition) is 4. The van der Waals surface area contributed by atoms with Crippen molar-refractivity contribution in [1.29, 1.82) is 0 Å². The van der Waals surface area contributed by atoms with Crippen LogP contribution >= 0.6 is 0 Å². The number of aromatic amines is 1. The van der Waals surface area contributed by atoms with Crippen molar-refractivity contribution in [2.45, 2.75) is 32.2 Å². The van der Waals surface area contributed by atoms with Gasteiger partial charge < -0.3 is 20.7 Å². The number of rotatable bonds is 5. The number of imidazole rings is 1. The lowest BCUT2D eigenvalue weighted by molar-refractivity contribution is -0.153. The number of nitrogens with one attached hydrogen (secondary N) is 3. The summed E-state index contributed by atoms with van der Waals surface area (Å²) in [6.45, 7) is 1.97. The van der Waals surface area contributed by atoms with Crippen LogP contribution in [0.4, 0.5) is 4.79 Å². The van der Waals surface area contributed by atoms with Crippen LogP contribution in [0.1, 0.15) is 38.1 Å². The third-order valence-electron chi connectivity index (χ3n) is 3.63. The van der Waals surface area contributed by atoms with Gasteiger partial charge >= 0.3 is 12.0 Å². The Hall–Kier alpha value is -2.05. The van der Waals surface area contributed by atoms with Gasteiger partial charge in [0.1, 0.15) is 5.82 Å². The number of carbonyl (C=O) groups excluding carboxylic acids is 1. The first-order chi connectivity index (χ1) is 9.03. The minimum absolute atomic E-state index is 0.166. The number of carbonyl (C=O) groups is 2. The van der Waals surface area contributed by atoms with Crippen molar-refractivity contribution in [2.24, 2.45) is 5.41 Å². The Kier molecular flexibility index (Phi) is 3.73. The van der Waals surface area contributed by atoms with E-state index in [0.29, 0.717) is 18.7 Å². The molecule has 104 valence electrons. The molecule has 0 aromatic carbocycles. The fraction of sp³-hybridized carbons (Fsp3) is 0.583. The van der Waals surface area contributed by atoms with E-state index in [-0.39, 0.29) is 18.6 Å². The molecule has 4 N–H and O–H groups in total. The molecule has 1 aromatic rings. The van der Waals surface area contributed by atoms with E-state index >= 15 is 0 Å². The minimum atomic E-state index is -0.835. The van der Waals surface area contributed by atoms with Crippen molar-refractivity contribution in [1.82, 2.24) is 20.6 Å². The molecule has 2 amide bonds. The van der Waals surface area contributed by atoms with Crippen molar-refractivity contribution in [3.05, 3.63) is 18.2 Å². The first kappa shape index (κ1) is 13.4. The summed E-state index contributed by atoms with van der Waals surface area (Å²) in [5.74, 6) is -0.176. The molecule has 0 aliphatic heterocycles. The summed E-state index contributed by atoms with van der Waals surface area (Å²) < 4.78 is 0. The van der Waals surface area contributed by atoms with Gasteiger partial charge in [-0.2, -0.15) is 0 Å². The number of H-pyrrole nitrogens is 1. The molecular formula is C12H18N4O3. The number of hydrogen-bond acceptors (Lipinski definition) is 3. The van der Waals surface area contributed by atoms with Crippen LogP contribution in [0.15, 0.2) is 12.4 Å². The maximum absolute atomic E-state index is 11.7. The van der Waals surface area contributed by atoms with E-state index in [1.165, 1.54) is 0 Å². The van der Waals surface area contributed by atoms with Crippen LogP contribution in [-0.4, -0.2) is 33.6 Å². The van der Waals surface area contributed by atoms with E-state index < -0.39 is 11.4 Å². The molecule has 1 atom stereocenters. The van der Waals surface area contributed by atoms with Crippen molar-refractivity contribution in [2.75, 3.05) is 6.54 Å². The molecule has 0 radical (unpaired) electrons. The zero-order valence-corrected chi connectivity index (χ0v) is 10.8. The summed E-state index contributed by atoms with van der Waals surface area (Å²) in [5.41, 5.74) is -0.773. The molecule has 1 unspecified atom stereocenters. The number of nitrogens with zero attached hydrogens (tertiary/aromatic N) is 1. The van der Waals surface area contributed by atoms with Crippen LogP contribution in [0, 0.1) is 5.41 Å². The van der Waals surface area contributed by atoms with E-state index in [4.69, 9.17) is 5.11 Å². The number of aliphatic carboxylic acids is 1. The largest absolute Gasteiger partial charge is 0.481 e. The molecule has 0 bridgehead atoms. The highest BCUT2D eigenvalue weighted by molar-refractivity contribution is 5.79. The molecule has 19 heavy (non-hydrogen) atoms. The monoisotopic (exact) mass is 266 g/mol. The van der Waals surface area contributed by atoms with Crippen molar-refractivity contribution in [3.63, 3.8) is 0 Å². The number of carboxylic acid groups (broad SMARTS) is 1. The maximum atomic E-state index is 11.7. The Bertz CT molecular complexity index is 454. The Morgan fingerprint density at radius 1 is 1.58 bits per heavy atom. The highest BCUT2D eigenvalue weighted by Crippen LogP contribution is 2.40. The van der Waals surface area contributed by atoms with Gasteiger partial charge in [-0.05, 0) is 19.8 Å². The van der Waals surface area contributed by atoms with E-state index in [1.54, 1.807) is 19.3 Å². The third kappa shape index (κ3) is 2.86. The van der Waals surface area contributed by atoms with Gasteiger partial charge in [0.2, 0.25) is 0 Å². The van der Waals surface area contributed by atoms with Gasteiger partial charge in [0.15, 0.2) is 0 Å². The second kappa shape index (κ2) is 5.29. The Labute approximate surface area is 110 Å². The lowest BCUT2D eigenvalue weighted by Gasteiger charge is -2.37. The molecule has 0 saturated heterocycles. The summed E-state index contributed by atoms with van der Waals surface area (Å²) >= 11 is 0. The van der Waals surface area contributed by atoms with E-state index in [9.17, 15) is 9.59 Å². The molecule has 0 spiro atoms. The zero-order valence-electron chi connectivity index (χ0n) is 10.8. The zero-order chi connectivity index (χ0) is 13.9. The second-order valence-electron chi connectivity index (χ2n) is 4.96. The summed E-state index contributed by atoms with van der Waals surface area (Å²) in [4.78, 5) is 29.8. The molecule has 1 saturated carbocycles. The topological polar surface area (TPSA) is 107 Å². The van der Waals surface area contributed by atoms with Crippen molar-refractivity contribution < 1.29 is 14.7 Å². The quantitative estimate of drug-likeness (QED) is 0.638. The lowest BCUT2D eigenvalue weighted by atomic mass is 9.69. The average molecular weight is 266 g/mol. The smallest absolute Gasteiger partial charge is 0.315 e. The summed E-state index contributed by atoms with van der Waals surface area (Å²) in [7, 11) is 0. The maximum Gasteiger partial charge on any atom is 0.315 e. The first-order valence-corrected chi connectivity index (χ1v) is 6.30. The van der Waals surface area contributed by atoms with Crippen LogP contribution in [0.2, 0.25) is 0 Å². The lowest BCUT2D eigenvalue weighted by Crippen LogP contribution is -2.50. The highest BCUT2D eigenvalue weighted by atomic mass is 16.4. The fourth-order valence-corrected chi connectivity index (χ4v) is 2.15. The average Bonchev–Trinajstić information content (AvgIpc) is 2.80. The molecule has 1 aliphatic rings. The molecule has 1 heterocycles. The normalized spacial score (nSPS) is 18.2. The Balaban J connectivity index is 1.80. The SMILES string of the molecule is CC(NC(=O)NCC1(C(=O)O)CCC1)c1ncc[nH]1. The first-order valence-electron chi connectivity index (χ1n) is 6.30. The van der Waals surface area contributed by atoms with Crippen LogP contribution in [0.25, 0.3) is 0 Å². The summed E-state index contributed by atoms with van der Waals surface area (Å²) in [6.07, 6.45) is 5.43. The molecular weight excluding hydrogens is 248 g/mol. The van der Waals surface area contributed by atoms with Crippen LogP contribution in [-0.2, 0) is 4.79 Å². The fourth-order valence-electron chi connectivity index (χ4n) is 2.15. The van der Waals surface area contributed by atoms with Gasteiger partial charge in [-0.25, -0.2) is 9.78 Å². The highest BCUT2D eigenvalue weighted by Gasteiger charge is 2.44. The number of amides is 2. The van der Waals surface area contributed by atoms with Crippen LogP contribution in [0.5, 0.6) is 0 Å². The molecule has 7 nitrogen and oxygen atoms in total. The molecule has 2 rings (SSSR count). The molecule has 1 fully saturated rings. The Morgan fingerprint density at radius 3 is 2.79 bits per heavy atom. The predicted molar refractivity (Wildman–Crippen MR) is 67.5 cm³/mol. The Morgan fingerprint density at radius 2 is 2.32 bits per heavy atom. The van der Waals surface area contributed by atoms with Gasteiger partial charge in [-0.3, -0.25) is 4.79 Å². The number of aromatic nitrogens is 2. The van der Waals surface area contributed by atoms with Gasteiger partial charge in [0, 0.05) is 18.9 Å². The third-order valence-corrected chi connectivity index (χ3v) is 3.63. The molecule has 1 aromatic heterocycles. The van der Waals surface area contributed by atoms with Crippen LogP contribution in [0.3, 0.4) is 0 Å².